The van der Waals surface area contributed by atoms with Crippen molar-refractivity contribution in [3.8, 4) is 11.3 Å². The van der Waals surface area contributed by atoms with Gasteiger partial charge < -0.3 is 14.9 Å². The number of nitrogens with zero attached hydrogens (tertiary/aromatic N) is 5. The number of carboxylic acid groups (broad SMARTS) is 1. The largest absolute Gasteiger partial charge is 0.481 e. The van der Waals surface area contributed by atoms with Crippen LogP contribution in [0.3, 0.4) is 0 Å². The Morgan fingerprint density at radius 1 is 1.10 bits per heavy atom. The Kier molecular flexibility index (Phi) is 7.56. The second-order valence-corrected chi connectivity index (χ2v) is 10.0. The van der Waals surface area contributed by atoms with Crippen LogP contribution in [0.2, 0.25) is 5.02 Å². The van der Waals surface area contributed by atoms with Gasteiger partial charge in [0.25, 0.3) is 5.91 Å². The molecule has 1 aliphatic rings. The first kappa shape index (κ1) is 28.3. The van der Waals surface area contributed by atoms with Gasteiger partial charge in [-0.1, -0.05) is 17.7 Å². The number of carbonyl (C=O) groups excluding carboxylic acids is 1. The molecule has 8 nitrogen and oxygen atoms in total. The Bertz CT molecular complexity index is 1640. The van der Waals surface area contributed by atoms with Crippen LogP contribution in [0.5, 0.6) is 0 Å². The maximum Gasteiger partial charge on any atom is 0.303 e. The third-order valence-electron chi connectivity index (χ3n) is 6.92. The topological polar surface area (TPSA) is 91.0 Å². The molecule has 2 atom stereocenters. The van der Waals surface area contributed by atoms with Crippen molar-refractivity contribution in [3.05, 3.63) is 76.5 Å². The third kappa shape index (κ3) is 5.41. The molecule has 3 heterocycles. The van der Waals surface area contributed by atoms with Crippen LogP contribution in [0.25, 0.3) is 16.9 Å². The van der Waals surface area contributed by atoms with Gasteiger partial charge in [-0.05, 0) is 30.7 Å². The standard InChI is InChI=1S/C27H21ClF5N5O3/c1-36(26-15(28)3-2-4-16(26)29)23-11-20(14-7-17(30)25(33)18(31)8-14)34-22-10-21(35-38(22)23)27(41)37-6-5-13(9-24(39)40)19(32)12-37/h2-4,7-8,10-11,13,19H,5-6,9,12H2,1H3,(H,39,40). The van der Waals surface area contributed by atoms with Gasteiger partial charge in [0.2, 0.25) is 0 Å². The van der Waals surface area contributed by atoms with Crippen LogP contribution in [-0.4, -0.2) is 62.8 Å². The fraction of sp³-hybridized carbons (Fsp3) is 0.259. The molecule has 14 heteroatoms. The molecule has 0 saturated carbocycles. The lowest BCUT2D eigenvalue weighted by molar-refractivity contribution is -0.139. The zero-order valence-electron chi connectivity index (χ0n) is 21.3. The quantitative estimate of drug-likeness (QED) is 0.230. The van der Waals surface area contributed by atoms with Gasteiger partial charge in [0.15, 0.2) is 28.8 Å². The normalized spacial score (nSPS) is 17.2. The summed E-state index contributed by atoms with van der Waals surface area (Å²) in [5.41, 5.74) is -0.435. The van der Waals surface area contributed by atoms with E-state index in [1.807, 2.05) is 0 Å². The van der Waals surface area contributed by atoms with Gasteiger partial charge in [0, 0.05) is 37.2 Å². The van der Waals surface area contributed by atoms with Crippen LogP contribution in [0.1, 0.15) is 23.3 Å². The van der Waals surface area contributed by atoms with Crippen molar-refractivity contribution in [1.29, 1.82) is 0 Å². The summed E-state index contributed by atoms with van der Waals surface area (Å²) < 4.78 is 72.4. The predicted molar refractivity (Wildman–Crippen MR) is 139 cm³/mol. The maximum atomic E-state index is 14.8. The Hall–Kier alpha value is -4.26. The number of amides is 1. The lowest BCUT2D eigenvalue weighted by atomic mass is 9.91. The number of fused-ring (bicyclic) bond motifs is 1. The highest BCUT2D eigenvalue weighted by molar-refractivity contribution is 6.33. The van der Waals surface area contributed by atoms with Gasteiger partial charge in [-0.3, -0.25) is 9.59 Å². The molecule has 1 aliphatic heterocycles. The summed E-state index contributed by atoms with van der Waals surface area (Å²) in [5.74, 6) is -7.73. The summed E-state index contributed by atoms with van der Waals surface area (Å²) in [7, 11) is 1.44. The molecule has 214 valence electrons. The molecule has 2 aromatic carbocycles. The summed E-state index contributed by atoms with van der Waals surface area (Å²) >= 11 is 6.25. The molecule has 1 amide bonds. The van der Waals surface area contributed by atoms with E-state index in [1.165, 1.54) is 51.7 Å². The minimum Gasteiger partial charge on any atom is -0.481 e. The molecule has 2 unspecified atom stereocenters. The van der Waals surface area contributed by atoms with Gasteiger partial charge in [-0.15, -0.1) is 0 Å². The average molecular weight is 594 g/mol. The number of carbonyl (C=O) groups is 2. The first-order valence-corrected chi connectivity index (χ1v) is 12.7. The number of halogens is 6. The van der Waals surface area contributed by atoms with Gasteiger partial charge in [-0.25, -0.2) is 26.9 Å². The van der Waals surface area contributed by atoms with Gasteiger partial charge in [0.05, 0.1) is 29.4 Å². The molecule has 1 saturated heterocycles. The molecular weight excluding hydrogens is 573 g/mol. The molecule has 4 aromatic rings. The first-order chi connectivity index (χ1) is 19.4. The van der Waals surface area contributed by atoms with Crippen molar-refractivity contribution in [2.24, 2.45) is 5.92 Å². The van der Waals surface area contributed by atoms with E-state index in [1.54, 1.807) is 0 Å². The van der Waals surface area contributed by atoms with E-state index in [-0.39, 0.29) is 65.1 Å². The fourth-order valence-corrected chi connectivity index (χ4v) is 5.12. The van der Waals surface area contributed by atoms with Crippen LogP contribution >= 0.6 is 11.6 Å². The maximum absolute atomic E-state index is 14.8. The number of carboxylic acids is 1. The Morgan fingerprint density at radius 2 is 1.80 bits per heavy atom. The number of hydrogen-bond acceptors (Lipinski definition) is 5. The number of rotatable bonds is 6. The number of aromatic nitrogens is 3. The molecule has 5 rings (SSSR count). The van der Waals surface area contributed by atoms with Gasteiger partial charge in [0.1, 0.15) is 17.8 Å². The van der Waals surface area contributed by atoms with Crippen molar-refractivity contribution >= 4 is 40.6 Å². The molecule has 0 bridgehead atoms. The van der Waals surface area contributed by atoms with Crippen molar-refractivity contribution in [3.63, 3.8) is 0 Å². The van der Waals surface area contributed by atoms with Crippen LogP contribution in [0.4, 0.5) is 33.5 Å². The second kappa shape index (κ2) is 11.0. The van der Waals surface area contributed by atoms with E-state index in [9.17, 15) is 31.5 Å². The number of benzene rings is 2. The van der Waals surface area contributed by atoms with Crippen molar-refractivity contribution < 1.29 is 36.6 Å². The highest BCUT2D eigenvalue weighted by Gasteiger charge is 2.34. The smallest absolute Gasteiger partial charge is 0.303 e. The molecule has 0 spiro atoms. The molecule has 1 N–H and O–H groups in total. The minimum atomic E-state index is -1.67. The highest BCUT2D eigenvalue weighted by Crippen LogP contribution is 2.35. The van der Waals surface area contributed by atoms with Crippen molar-refractivity contribution in [1.82, 2.24) is 19.5 Å². The Balaban J connectivity index is 1.60. The fourth-order valence-electron chi connectivity index (χ4n) is 4.83. The molecule has 1 fully saturated rings. The average Bonchev–Trinajstić information content (AvgIpc) is 3.35. The Labute approximate surface area is 234 Å². The molecule has 0 aliphatic carbocycles. The number of hydrogen-bond donors (Lipinski definition) is 1. The van der Waals surface area contributed by atoms with Crippen LogP contribution < -0.4 is 4.90 Å². The predicted octanol–water partition coefficient (Wildman–Crippen LogP) is 5.65. The van der Waals surface area contributed by atoms with E-state index in [4.69, 9.17) is 16.7 Å². The SMILES string of the molecule is CN(c1c(F)cccc1Cl)c1cc(-c2cc(F)c(F)c(F)c2)nc2cc(C(=O)N3CCC(CC(=O)O)C(F)C3)nn12. The number of alkyl halides is 1. The summed E-state index contributed by atoms with van der Waals surface area (Å²) in [4.78, 5) is 31.1. The molecule has 41 heavy (non-hydrogen) atoms. The zero-order chi connectivity index (χ0) is 29.6. The lowest BCUT2D eigenvalue weighted by Crippen LogP contribution is -2.45. The van der Waals surface area contributed by atoms with E-state index in [2.05, 4.69) is 10.1 Å². The van der Waals surface area contributed by atoms with E-state index in [0.29, 0.717) is 0 Å². The van der Waals surface area contributed by atoms with Crippen LogP contribution in [0, 0.1) is 29.2 Å². The van der Waals surface area contributed by atoms with Crippen molar-refractivity contribution in [2.45, 2.75) is 19.0 Å². The number of anilines is 2. The Morgan fingerprint density at radius 3 is 2.44 bits per heavy atom. The second-order valence-electron chi connectivity index (χ2n) is 9.60. The molecule has 2 aromatic heterocycles. The number of likely N-dealkylation sites (tertiary alicyclic amines) is 1. The molecular formula is C27H21ClF5N5O3. The summed E-state index contributed by atoms with van der Waals surface area (Å²) in [6.07, 6.45) is -1.78. The van der Waals surface area contributed by atoms with Gasteiger partial charge in [-0.2, -0.15) is 9.61 Å². The highest BCUT2D eigenvalue weighted by atomic mass is 35.5. The van der Waals surface area contributed by atoms with Crippen LogP contribution in [-0.2, 0) is 4.79 Å². The number of aliphatic carboxylic acids is 1. The van der Waals surface area contributed by atoms with Crippen LogP contribution in [0.15, 0.2) is 42.5 Å². The van der Waals surface area contributed by atoms with E-state index < -0.39 is 47.2 Å². The first-order valence-electron chi connectivity index (χ1n) is 12.3. The molecule has 0 radical (unpaired) electrons. The van der Waals surface area contributed by atoms with Crippen molar-refractivity contribution in [2.75, 3.05) is 25.0 Å². The number of para-hydroxylation sites is 1. The summed E-state index contributed by atoms with van der Waals surface area (Å²) in [6.45, 7) is -0.245. The summed E-state index contributed by atoms with van der Waals surface area (Å²) in [5, 5.41) is 13.3. The lowest BCUT2D eigenvalue weighted by Gasteiger charge is -2.33. The summed E-state index contributed by atoms with van der Waals surface area (Å²) in [6, 6.07) is 8.05. The number of piperidine rings is 1. The monoisotopic (exact) mass is 593 g/mol. The van der Waals surface area contributed by atoms with E-state index >= 15 is 0 Å². The minimum absolute atomic E-state index is 0.00265. The van der Waals surface area contributed by atoms with Gasteiger partial charge >= 0.3 is 5.97 Å². The van der Waals surface area contributed by atoms with E-state index in [0.717, 1.165) is 12.1 Å². The third-order valence-corrected chi connectivity index (χ3v) is 7.23. The zero-order valence-corrected chi connectivity index (χ0v) is 22.0.